The van der Waals surface area contributed by atoms with Crippen molar-refractivity contribution in [3.63, 3.8) is 0 Å². The van der Waals surface area contributed by atoms with Gasteiger partial charge in [-0.05, 0) is 19.4 Å². The van der Waals surface area contributed by atoms with Gasteiger partial charge in [-0.3, -0.25) is 0 Å². The van der Waals surface area contributed by atoms with Gasteiger partial charge in [-0.25, -0.2) is 0 Å². The zero-order valence-corrected chi connectivity index (χ0v) is 10.2. The molecule has 15 heavy (non-hydrogen) atoms. The van der Waals surface area contributed by atoms with Crippen molar-refractivity contribution in [2.45, 2.75) is 20.5 Å². The van der Waals surface area contributed by atoms with E-state index in [-0.39, 0.29) is 0 Å². The lowest BCUT2D eigenvalue weighted by atomic mass is 10.2. The zero-order valence-electron chi connectivity index (χ0n) is 9.08. The Labute approximate surface area is 93.2 Å². The van der Waals surface area contributed by atoms with Crippen LogP contribution in [0, 0.1) is 22.9 Å². The van der Waals surface area contributed by atoms with E-state index in [1.54, 1.807) is 0 Å². The molecule has 0 saturated heterocycles. The predicted octanol–water partition coefficient (Wildman–Crippen LogP) is 2.05. The maximum absolute atomic E-state index is 5.70. The van der Waals surface area contributed by atoms with Crippen LogP contribution < -0.4 is 0 Å². The standard InChI is InChI=1S/C13H14OSi/c1-3-10-15(11-4-2)14-12-13-8-6-5-7-9-13/h5-9,15H,12H2,1-2H3. The van der Waals surface area contributed by atoms with Gasteiger partial charge in [0.2, 0.25) is 0 Å². The lowest BCUT2D eigenvalue weighted by Crippen LogP contribution is -2.14. The van der Waals surface area contributed by atoms with Gasteiger partial charge in [0.1, 0.15) is 0 Å². The Kier molecular flexibility index (Phi) is 5.33. The Balaban J connectivity index is 2.52. The topological polar surface area (TPSA) is 9.23 Å². The molecular formula is C13H14OSi. The summed E-state index contributed by atoms with van der Waals surface area (Å²) in [5, 5.41) is 0. The van der Waals surface area contributed by atoms with Crippen molar-refractivity contribution < 1.29 is 4.43 Å². The zero-order chi connectivity index (χ0) is 10.9. The van der Waals surface area contributed by atoms with Crippen LogP contribution in [0.3, 0.4) is 0 Å². The van der Waals surface area contributed by atoms with Gasteiger partial charge in [-0.2, -0.15) is 0 Å². The van der Waals surface area contributed by atoms with E-state index < -0.39 is 9.04 Å². The highest BCUT2D eigenvalue weighted by Crippen LogP contribution is 2.01. The van der Waals surface area contributed by atoms with Crippen LogP contribution in [0.25, 0.3) is 0 Å². The summed E-state index contributed by atoms with van der Waals surface area (Å²) >= 11 is 0. The van der Waals surface area contributed by atoms with Crippen LogP contribution in [0.15, 0.2) is 30.3 Å². The molecule has 76 valence electrons. The Hall–Kier alpha value is -1.48. The first-order valence-corrected chi connectivity index (χ1v) is 6.49. The smallest absolute Gasteiger partial charge is 0.337 e. The highest BCUT2D eigenvalue weighted by Gasteiger charge is 2.03. The lowest BCUT2D eigenvalue weighted by Gasteiger charge is -2.04. The second-order valence-corrected chi connectivity index (χ2v) is 4.64. The number of hydrogen-bond donors (Lipinski definition) is 0. The summed E-state index contributed by atoms with van der Waals surface area (Å²) in [6, 6.07) is 10.1. The molecule has 1 aromatic carbocycles. The summed E-state index contributed by atoms with van der Waals surface area (Å²) in [7, 11) is -1.63. The van der Waals surface area contributed by atoms with Crippen LogP contribution in [0.1, 0.15) is 19.4 Å². The number of rotatable bonds is 3. The van der Waals surface area contributed by atoms with Crippen molar-refractivity contribution >= 4 is 9.04 Å². The van der Waals surface area contributed by atoms with E-state index in [1.165, 1.54) is 5.56 Å². The largest absolute Gasteiger partial charge is 0.394 e. The Morgan fingerprint density at radius 1 is 1.07 bits per heavy atom. The molecule has 0 bridgehead atoms. The highest BCUT2D eigenvalue weighted by atomic mass is 28.3. The van der Waals surface area contributed by atoms with E-state index in [0.29, 0.717) is 6.61 Å². The first kappa shape index (κ1) is 11.6. The van der Waals surface area contributed by atoms with Crippen molar-refractivity contribution in [1.82, 2.24) is 0 Å². The molecule has 0 N–H and O–H groups in total. The van der Waals surface area contributed by atoms with Gasteiger partial charge in [-0.1, -0.05) is 41.4 Å². The second kappa shape index (κ2) is 6.90. The third kappa shape index (κ3) is 4.51. The van der Waals surface area contributed by atoms with E-state index in [1.807, 2.05) is 44.2 Å². The average Bonchev–Trinajstić information content (AvgIpc) is 2.28. The molecule has 0 fully saturated rings. The lowest BCUT2D eigenvalue weighted by molar-refractivity contribution is 0.323. The van der Waals surface area contributed by atoms with E-state index in [9.17, 15) is 0 Å². The summed E-state index contributed by atoms with van der Waals surface area (Å²) in [5.41, 5.74) is 7.27. The molecule has 1 rings (SSSR count). The Morgan fingerprint density at radius 3 is 2.20 bits per heavy atom. The maximum Gasteiger partial charge on any atom is 0.337 e. The molecule has 0 spiro atoms. The van der Waals surface area contributed by atoms with E-state index in [0.717, 1.165) is 0 Å². The molecule has 0 heterocycles. The van der Waals surface area contributed by atoms with Crippen molar-refractivity contribution in [3.8, 4) is 22.9 Å². The van der Waals surface area contributed by atoms with Crippen molar-refractivity contribution in [2.24, 2.45) is 0 Å². The molecule has 0 atom stereocenters. The van der Waals surface area contributed by atoms with Gasteiger partial charge < -0.3 is 4.43 Å². The molecule has 0 unspecified atom stereocenters. The van der Waals surface area contributed by atoms with Crippen LogP contribution in [-0.4, -0.2) is 9.04 Å². The summed E-state index contributed by atoms with van der Waals surface area (Å²) in [6.45, 7) is 4.26. The third-order valence-corrected chi connectivity index (χ3v) is 3.41. The monoisotopic (exact) mass is 214 g/mol. The van der Waals surface area contributed by atoms with Gasteiger partial charge in [-0.15, -0.1) is 11.8 Å². The predicted molar refractivity (Wildman–Crippen MR) is 65.3 cm³/mol. The Morgan fingerprint density at radius 2 is 1.67 bits per heavy atom. The Bertz CT molecular complexity index is 383. The number of hydrogen-bond acceptors (Lipinski definition) is 1. The SMILES string of the molecule is CC#C[SiH](C#CC)OCc1ccccc1. The van der Waals surface area contributed by atoms with Gasteiger partial charge in [0, 0.05) is 0 Å². The first-order chi connectivity index (χ1) is 7.36. The van der Waals surface area contributed by atoms with Gasteiger partial charge in [0.25, 0.3) is 0 Å². The number of benzene rings is 1. The summed E-state index contributed by atoms with van der Waals surface area (Å²) in [4.78, 5) is 0. The summed E-state index contributed by atoms with van der Waals surface area (Å²) in [5.74, 6) is 5.75. The molecule has 0 aliphatic rings. The minimum atomic E-state index is -1.63. The van der Waals surface area contributed by atoms with Gasteiger partial charge in [0.15, 0.2) is 0 Å². The fourth-order valence-corrected chi connectivity index (χ4v) is 2.26. The van der Waals surface area contributed by atoms with Gasteiger partial charge in [0.05, 0.1) is 6.61 Å². The molecular weight excluding hydrogens is 200 g/mol. The molecule has 0 aliphatic carbocycles. The average molecular weight is 214 g/mol. The first-order valence-electron chi connectivity index (χ1n) is 4.87. The van der Waals surface area contributed by atoms with Crippen LogP contribution in [0.2, 0.25) is 0 Å². The molecule has 0 aliphatic heterocycles. The maximum atomic E-state index is 5.70. The minimum Gasteiger partial charge on any atom is -0.394 e. The molecule has 2 heteroatoms. The van der Waals surface area contributed by atoms with Crippen molar-refractivity contribution in [3.05, 3.63) is 35.9 Å². The quantitative estimate of drug-likeness (QED) is 0.553. The fourth-order valence-electron chi connectivity index (χ4n) is 1.14. The van der Waals surface area contributed by atoms with Crippen LogP contribution in [0.5, 0.6) is 0 Å². The second-order valence-electron chi connectivity index (χ2n) is 2.97. The minimum absolute atomic E-state index is 0.612. The molecule has 0 amide bonds. The van der Waals surface area contributed by atoms with Crippen molar-refractivity contribution in [2.75, 3.05) is 0 Å². The summed E-state index contributed by atoms with van der Waals surface area (Å²) in [6.07, 6.45) is 0. The van der Waals surface area contributed by atoms with E-state index in [2.05, 4.69) is 22.9 Å². The molecule has 0 radical (unpaired) electrons. The molecule has 0 saturated carbocycles. The van der Waals surface area contributed by atoms with Gasteiger partial charge >= 0.3 is 9.04 Å². The molecule has 1 aromatic rings. The van der Waals surface area contributed by atoms with Crippen LogP contribution in [0.4, 0.5) is 0 Å². The van der Waals surface area contributed by atoms with Crippen LogP contribution in [-0.2, 0) is 11.0 Å². The van der Waals surface area contributed by atoms with E-state index >= 15 is 0 Å². The molecule has 0 aromatic heterocycles. The summed E-state index contributed by atoms with van der Waals surface area (Å²) < 4.78 is 5.70. The molecule has 1 nitrogen and oxygen atoms in total. The third-order valence-electron chi connectivity index (χ3n) is 1.81. The fraction of sp³-hybridized carbons (Fsp3) is 0.231. The highest BCUT2D eigenvalue weighted by molar-refractivity contribution is 6.69. The van der Waals surface area contributed by atoms with Crippen molar-refractivity contribution in [1.29, 1.82) is 0 Å². The normalized spacial score (nSPS) is 8.73. The van der Waals surface area contributed by atoms with Crippen LogP contribution >= 0.6 is 0 Å². The van der Waals surface area contributed by atoms with E-state index in [4.69, 9.17) is 4.43 Å².